The molecule has 0 aliphatic heterocycles. The third-order valence-electron chi connectivity index (χ3n) is 4.61. The minimum absolute atomic E-state index is 0.0563. The third-order valence-corrected chi connectivity index (χ3v) is 4.61. The van der Waals surface area contributed by atoms with Crippen molar-refractivity contribution >= 4 is 16.9 Å². The van der Waals surface area contributed by atoms with Crippen LogP contribution in [-0.2, 0) is 6.42 Å². The molecule has 4 rings (SSSR count). The van der Waals surface area contributed by atoms with Gasteiger partial charge in [0.25, 0.3) is 5.91 Å². The van der Waals surface area contributed by atoms with Crippen molar-refractivity contribution in [1.82, 2.24) is 14.9 Å². The molecule has 4 heteroatoms. The van der Waals surface area contributed by atoms with Crippen molar-refractivity contribution in [2.75, 3.05) is 6.54 Å². The summed E-state index contributed by atoms with van der Waals surface area (Å²) in [6.45, 7) is 0.657. The molecule has 27 heavy (non-hydrogen) atoms. The molecule has 0 bridgehead atoms. The van der Waals surface area contributed by atoms with Gasteiger partial charge in [-0.25, -0.2) is 4.98 Å². The number of benzene rings is 3. The molecule has 3 aromatic carbocycles. The number of rotatable bonds is 6. The minimum atomic E-state index is -0.0563. The maximum atomic E-state index is 12.4. The quantitative estimate of drug-likeness (QED) is 0.522. The highest BCUT2D eigenvalue weighted by Gasteiger charge is 2.09. The van der Waals surface area contributed by atoms with E-state index in [-0.39, 0.29) is 5.91 Å². The predicted octanol–water partition coefficient (Wildman–Crippen LogP) is 4.39. The number of nitrogens with zero attached hydrogens (tertiary/aromatic N) is 2. The van der Waals surface area contributed by atoms with Gasteiger partial charge in [-0.3, -0.25) is 9.36 Å². The van der Waals surface area contributed by atoms with Crippen molar-refractivity contribution in [3.8, 4) is 5.69 Å². The Hall–Kier alpha value is -3.40. The van der Waals surface area contributed by atoms with Crippen LogP contribution >= 0.6 is 0 Å². The zero-order valence-electron chi connectivity index (χ0n) is 15.0. The Morgan fingerprint density at radius 3 is 2.44 bits per heavy atom. The second-order valence-corrected chi connectivity index (χ2v) is 6.50. The summed E-state index contributed by atoms with van der Waals surface area (Å²) in [5.74, 6) is -0.0563. The van der Waals surface area contributed by atoms with E-state index in [1.807, 2.05) is 71.3 Å². The molecular weight excluding hydrogens is 334 g/mol. The van der Waals surface area contributed by atoms with Gasteiger partial charge in [-0.05, 0) is 48.7 Å². The standard InChI is InChI=1S/C23H21N3O/c27-23(24-15-7-10-18-8-3-1-4-9-18)19-13-14-22-21(16-19)25-17-26(22)20-11-5-2-6-12-20/h1-6,8-9,11-14,16-17H,7,10,15H2,(H,24,27). The SMILES string of the molecule is O=C(NCCCc1ccccc1)c1ccc2c(c1)ncn2-c1ccccc1. The summed E-state index contributed by atoms with van der Waals surface area (Å²) in [6, 6.07) is 26.0. The normalized spacial score (nSPS) is 10.8. The summed E-state index contributed by atoms with van der Waals surface area (Å²) >= 11 is 0. The summed E-state index contributed by atoms with van der Waals surface area (Å²) in [5, 5.41) is 3.00. The average Bonchev–Trinajstić information content (AvgIpc) is 3.16. The van der Waals surface area contributed by atoms with E-state index in [4.69, 9.17) is 0 Å². The molecule has 1 aromatic heterocycles. The highest BCUT2D eigenvalue weighted by molar-refractivity contribution is 5.97. The first-order valence-electron chi connectivity index (χ1n) is 9.16. The van der Waals surface area contributed by atoms with Crippen LogP contribution in [0.15, 0.2) is 85.2 Å². The molecule has 0 fully saturated rings. The number of hydrogen-bond donors (Lipinski definition) is 1. The summed E-state index contributed by atoms with van der Waals surface area (Å²) in [7, 11) is 0. The van der Waals surface area contributed by atoms with E-state index >= 15 is 0 Å². The van der Waals surface area contributed by atoms with Gasteiger partial charge in [-0.1, -0.05) is 48.5 Å². The fourth-order valence-corrected chi connectivity index (χ4v) is 3.19. The third kappa shape index (κ3) is 3.90. The largest absolute Gasteiger partial charge is 0.352 e. The van der Waals surface area contributed by atoms with Crippen LogP contribution in [-0.4, -0.2) is 22.0 Å². The van der Waals surface area contributed by atoms with Crippen LogP contribution in [0.1, 0.15) is 22.3 Å². The van der Waals surface area contributed by atoms with Crippen LogP contribution in [0.5, 0.6) is 0 Å². The van der Waals surface area contributed by atoms with E-state index < -0.39 is 0 Å². The molecule has 1 N–H and O–H groups in total. The number of imidazole rings is 1. The average molecular weight is 355 g/mol. The molecule has 0 radical (unpaired) electrons. The second kappa shape index (κ2) is 7.87. The Bertz CT molecular complexity index is 1040. The van der Waals surface area contributed by atoms with Crippen LogP contribution in [0.4, 0.5) is 0 Å². The fourth-order valence-electron chi connectivity index (χ4n) is 3.19. The van der Waals surface area contributed by atoms with Crippen LogP contribution in [0.25, 0.3) is 16.7 Å². The number of fused-ring (bicyclic) bond motifs is 1. The smallest absolute Gasteiger partial charge is 0.251 e. The molecule has 0 saturated heterocycles. The molecule has 0 saturated carbocycles. The topological polar surface area (TPSA) is 46.9 Å². The van der Waals surface area contributed by atoms with Gasteiger partial charge in [0, 0.05) is 17.8 Å². The van der Waals surface area contributed by atoms with Crippen molar-refractivity contribution in [3.63, 3.8) is 0 Å². The van der Waals surface area contributed by atoms with Crippen molar-refractivity contribution in [2.24, 2.45) is 0 Å². The Balaban J connectivity index is 1.41. The summed E-state index contributed by atoms with van der Waals surface area (Å²) in [5.41, 5.74) is 4.79. The lowest BCUT2D eigenvalue weighted by molar-refractivity contribution is 0.0953. The fraction of sp³-hybridized carbons (Fsp3) is 0.130. The lowest BCUT2D eigenvalue weighted by Crippen LogP contribution is -2.24. The van der Waals surface area contributed by atoms with Gasteiger partial charge in [0.1, 0.15) is 6.33 Å². The van der Waals surface area contributed by atoms with Gasteiger partial charge < -0.3 is 5.32 Å². The molecule has 0 atom stereocenters. The van der Waals surface area contributed by atoms with E-state index in [1.54, 1.807) is 6.33 Å². The lowest BCUT2D eigenvalue weighted by Gasteiger charge is -2.07. The molecular formula is C23H21N3O. The lowest BCUT2D eigenvalue weighted by atomic mass is 10.1. The zero-order chi connectivity index (χ0) is 18.5. The van der Waals surface area contributed by atoms with E-state index in [1.165, 1.54) is 5.56 Å². The maximum Gasteiger partial charge on any atom is 0.251 e. The Morgan fingerprint density at radius 1 is 0.926 bits per heavy atom. The molecule has 1 amide bonds. The van der Waals surface area contributed by atoms with Gasteiger partial charge in [-0.15, -0.1) is 0 Å². The van der Waals surface area contributed by atoms with Gasteiger partial charge in [0.2, 0.25) is 0 Å². The molecule has 0 spiro atoms. The van der Waals surface area contributed by atoms with Crippen molar-refractivity contribution in [3.05, 3.63) is 96.3 Å². The number of nitrogens with one attached hydrogen (secondary N) is 1. The van der Waals surface area contributed by atoms with Crippen LogP contribution in [0, 0.1) is 0 Å². The first-order valence-corrected chi connectivity index (χ1v) is 9.16. The number of para-hydroxylation sites is 1. The van der Waals surface area contributed by atoms with Crippen molar-refractivity contribution in [2.45, 2.75) is 12.8 Å². The molecule has 0 unspecified atom stereocenters. The van der Waals surface area contributed by atoms with Crippen molar-refractivity contribution < 1.29 is 4.79 Å². The Labute approximate surface area is 158 Å². The van der Waals surface area contributed by atoms with Gasteiger partial charge in [0.15, 0.2) is 0 Å². The number of hydrogen-bond acceptors (Lipinski definition) is 2. The molecule has 4 aromatic rings. The molecule has 4 nitrogen and oxygen atoms in total. The van der Waals surface area contributed by atoms with E-state index in [0.717, 1.165) is 29.6 Å². The highest BCUT2D eigenvalue weighted by Crippen LogP contribution is 2.19. The van der Waals surface area contributed by atoms with Gasteiger partial charge in [0.05, 0.1) is 11.0 Å². The Morgan fingerprint density at radius 2 is 1.67 bits per heavy atom. The molecule has 0 aliphatic rings. The molecule has 0 aliphatic carbocycles. The highest BCUT2D eigenvalue weighted by atomic mass is 16.1. The predicted molar refractivity (Wildman–Crippen MR) is 108 cm³/mol. The number of carbonyl (C=O) groups excluding carboxylic acids is 1. The number of amides is 1. The minimum Gasteiger partial charge on any atom is -0.352 e. The van der Waals surface area contributed by atoms with E-state index in [2.05, 4.69) is 22.4 Å². The second-order valence-electron chi connectivity index (χ2n) is 6.50. The Kier molecular flexibility index (Phi) is 4.97. The number of aromatic nitrogens is 2. The van der Waals surface area contributed by atoms with E-state index in [9.17, 15) is 4.79 Å². The van der Waals surface area contributed by atoms with Gasteiger partial charge in [-0.2, -0.15) is 0 Å². The van der Waals surface area contributed by atoms with E-state index in [0.29, 0.717) is 12.1 Å². The molecule has 134 valence electrons. The van der Waals surface area contributed by atoms with Crippen molar-refractivity contribution in [1.29, 1.82) is 0 Å². The summed E-state index contributed by atoms with van der Waals surface area (Å²) in [6.07, 6.45) is 3.67. The number of aryl methyl sites for hydroxylation is 1. The first kappa shape index (κ1) is 17.0. The first-order chi connectivity index (χ1) is 13.3. The zero-order valence-corrected chi connectivity index (χ0v) is 15.0. The van der Waals surface area contributed by atoms with Crippen LogP contribution < -0.4 is 5.32 Å². The molecule has 1 heterocycles. The number of carbonyl (C=O) groups is 1. The van der Waals surface area contributed by atoms with Gasteiger partial charge >= 0.3 is 0 Å². The monoisotopic (exact) mass is 355 g/mol. The van der Waals surface area contributed by atoms with Crippen LogP contribution in [0.2, 0.25) is 0 Å². The summed E-state index contributed by atoms with van der Waals surface area (Å²) < 4.78 is 2.02. The van der Waals surface area contributed by atoms with Crippen LogP contribution in [0.3, 0.4) is 0 Å². The maximum absolute atomic E-state index is 12.4. The summed E-state index contributed by atoms with van der Waals surface area (Å²) in [4.78, 5) is 16.9.